The summed E-state index contributed by atoms with van der Waals surface area (Å²) in [5, 5.41) is 0. The molecular weight excluding hydrogens is 416 g/mol. The van der Waals surface area contributed by atoms with Gasteiger partial charge in [0.2, 0.25) is 10.4 Å². The lowest BCUT2D eigenvalue weighted by molar-refractivity contribution is -0.688. The van der Waals surface area contributed by atoms with Crippen LogP contribution < -0.4 is 4.57 Å². The molecule has 11 heteroatoms. The fraction of sp³-hybridized carbons (Fsp3) is 0.789. The van der Waals surface area contributed by atoms with E-state index < -0.39 is 22.2 Å². The number of unbranched alkanes of at least 4 members (excludes halogenated alkanes) is 5. The molecule has 0 aliphatic rings. The lowest BCUT2D eigenvalue weighted by Gasteiger charge is -2.25. The predicted molar refractivity (Wildman–Crippen MR) is 108 cm³/mol. The van der Waals surface area contributed by atoms with E-state index in [-0.39, 0.29) is 13.2 Å². The second-order valence-corrected chi connectivity index (χ2v) is 7.44. The third-order valence-corrected chi connectivity index (χ3v) is 4.54. The number of H-pyrrole nitrogens is 1. The highest BCUT2D eigenvalue weighted by Gasteiger charge is 2.51. The highest BCUT2D eigenvalue weighted by atomic mass is 32.3. The zero-order chi connectivity index (χ0) is 23.0. The molecule has 176 valence electrons. The Bertz CT molecular complexity index is 692. The van der Waals surface area contributed by atoms with Crippen molar-refractivity contribution in [1.82, 2.24) is 4.98 Å². The van der Waals surface area contributed by atoms with E-state index in [1.54, 1.807) is 37.9 Å². The molecule has 10 nitrogen and oxygen atoms in total. The number of aromatic amines is 1. The second-order valence-electron chi connectivity index (χ2n) is 6.39. The average molecular weight is 453 g/mol. The van der Waals surface area contributed by atoms with Gasteiger partial charge >= 0.3 is 17.6 Å². The van der Waals surface area contributed by atoms with Crippen molar-refractivity contribution in [1.29, 1.82) is 0 Å². The van der Waals surface area contributed by atoms with Crippen molar-refractivity contribution < 1.29 is 40.7 Å². The van der Waals surface area contributed by atoms with Crippen LogP contribution in [0.4, 0.5) is 0 Å². The van der Waals surface area contributed by atoms with Gasteiger partial charge in [0.25, 0.3) is 0 Å². The summed E-state index contributed by atoms with van der Waals surface area (Å²) in [6.07, 6.45) is 9.67. The molecule has 0 amide bonds. The average Bonchev–Trinajstić information content (AvgIpc) is 3.11. The van der Waals surface area contributed by atoms with Crippen molar-refractivity contribution in [2.45, 2.75) is 65.1 Å². The fourth-order valence-electron chi connectivity index (χ4n) is 2.67. The van der Waals surface area contributed by atoms with Crippen LogP contribution in [0, 0.1) is 0 Å². The number of aromatic nitrogens is 2. The van der Waals surface area contributed by atoms with Gasteiger partial charge in [-0.2, -0.15) is 0 Å². The van der Waals surface area contributed by atoms with Crippen LogP contribution in [0.3, 0.4) is 0 Å². The third-order valence-electron chi connectivity index (χ3n) is 4.09. The summed E-state index contributed by atoms with van der Waals surface area (Å²) < 4.78 is 51.5. The molecule has 1 unspecified atom stereocenters. The monoisotopic (exact) mass is 452 g/mol. The van der Waals surface area contributed by atoms with Gasteiger partial charge in [-0.3, -0.25) is 4.18 Å². The molecule has 0 spiro atoms. The number of carbonyl (C=O) groups excluding carboxylic acids is 1. The second kappa shape index (κ2) is 15.3. The van der Waals surface area contributed by atoms with Crippen LogP contribution in [-0.4, -0.2) is 50.9 Å². The normalized spacial score (nSPS) is 13.3. The minimum absolute atomic E-state index is 0.0258. The minimum Gasteiger partial charge on any atom is -0.726 e. The molecule has 30 heavy (non-hydrogen) atoms. The van der Waals surface area contributed by atoms with Gasteiger partial charge in [0.05, 0.1) is 20.3 Å². The van der Waals surface area contributed by atoms with Gasteiger partial charge in [-0.25, -0.2) is 22.8 Å². The number of carbonyl (C=O) groups is 1. The molecule has 1 aromatic heterocycles. The molecule has 1 aromatic rings. The Labute approximate surface area is 179 Å². The number of aryl methyl sites for hydroxylation is 1. The molecule has 0 fully saturated rings. The summed E-state index contributed by atoms with van der Waals surface area (Å²) in [6.45, 7) is 6.27. The van der Waals surface area contributed by atoms with Crippen molar-refractivity contribution in [2.24, 2.45) is 7.05 Å². The Kier molecular flexibility index (Phi) is 14.5. The van der Waals surface area contributed by atoms with Crippen molar-refractivity contribution >= 4 is 16.4 Å². The van der Waals surface area contributed by atoms with Crippen molar-refractivity contribution in [3.8, 4) is 0 Å². The van der Waals surface area contributed by atoms with E-state index in [2.05, 4.69) is 16.1 Å². The summed E-state index contributed by atoms with van der Waals surface area (Å²) >= 11 is 0. The summed E-state index contributed by atoms with van der Waals surface area (Å²) in [4.78, 5) is 15.0. The van der Waals surface area contributed by atoms with Crippen LogP contribution in [0.2, 0.25) is 0 Å². The topological polar surface area (TPSA) is 131 Å². The van der Waals surface area contributed by atoms with Gasteiger partial charge < -0.3 is 18.8 Å². The Balaban J connectivity index is 0.000000584. The van der Waals surface area contributed by atoms with Crippen molar-refractivity contribution in [2.75, 3.05) is 26.9 Å². The highest BCUT2D eigenvalue weighted by Crippen LogP contribution is 2.24. The van der Waals surface area contributed by atoms with Crippen molar-refractivity contribution in [3.05, 3.63) is 18.2 Å². The summed E-state index contributed by atoms with van der Waals surface area (Å²) in [5.74, 6) is -1.62. The van der Waals surface area contributed by atoms with E-state index in [1.807, 2.05) is 0 Å². The third kappa shape index (κ3) is 10.5. The molecule has 1 heterocycles. The smallest absolute Gasteiger partial charge is 0.380 e. The Morgan fingerprint density at radius 2 is 1.77 bits per heavy atom. The number of hydrogen-bond donors (Lipinski definition) is 1. The number of ether oxygens (including phenoxy) is 3. The maximum absolute atomic E-state index is 12.0. The highest BCUT2D eigenvalue weighted by molar-refractivity contribution is 7.80. The number of hydrogen-bond acceptors (Lipinski definition) is 8. The number of nitrogens with one attached hydrogen (secondary N) is 1. The Morgan fingerprint density at radius 3 is 2.23 bits per heavy atom. The maximum atomic E-state index is 12.0. The van der Waals surface area contributed by atoms with E-state index in [1.165, 1.54) is 26.4 Å². The first-order valence-corrected chi connectivity index (χ1v) is 11.5. The lowest BCUT2D eigenvalue weighted by Crippen LogP contribution is -2.50. The molecule has 0 saturated heterocycles. The SMILES string of the molecule is CCCCCCCCOS(=O)(=O)[O-].CCOC(=O)C(OC)(OCC)c1[nH]cc[n+]1C. The lowest BCUT2D eigenvalue weighted by atomic mass is 10.1. The fourth-order valence-corrected chi connectivity index (χ4v) is 2.99. The molecule has 0 aromatic carbocycles. The zero-order valence-corrected chi connectivity index (χ0v) is 19.5. The Hall–Kier alpha value is -1.53. The van der Waals surface area contributed by atoms with Gasteiger partial charge in [-0.15, -0.1) is 0 Å². The van der Waals surface area contributed by atoms with E-state index in [0.29, 0.717) is 18.9 Å². The molecule has 0 aliphatic carbocycles. The first kappa shape index (κ1) is 28.5. The zero-order valence-electron chi connectivity index (χ0n) is 18.6. The first-order valence-electron chi connectivity index (χ1n) is 10.2. The summed E-state index contributed by atoms with van der Waals surface area (Å²) in [7, 11) is -1.27. The maximum Gasteiger partial charge on any atom is 0.380 e. The summed E-state index contributed by atoms with van der Waals surface area (Å²) in [5.41, 5.74) is 0. The van der Waals surface area contributed by atoms with Crippen LogP contribution in [-0.2, 0) is 46.4 Å². The van der Waals surface area contributed by atoms with Crippen LogP contribution in [0.25, 0.3) is 0 Å². The molecule has 1 atom stereocenters. The van der Waals surface area contributed by atoms with Crippen LogP contribution in [0.1, 0.15) is 65.1 Å². The molecule has 0 aliphatic heterocycles. The van der Waals surface area contributed by atoms with Gasteiger partial charge in [-0.05, 0) is 20.3 Å². The molecule has 0 radical (unpaired) electrons. The van der Waals surface area contributed by atoms with Crippen LogP contribution >= 0.6 is 0 Å². The first-order chi connectivity index (χ1) is 14.2. The van der Waals surface area contributed by atoms with Gasteiger partial charge in [0.15, 0.2) is 0 Å². The van der Waals surface area contributed by atoms with Gasteiger partial charge in [-0.1, -0.05) is 39.0 Å². The molecule has 1 N–H and O–H groups in total. The molecular formula is C19H36N2O8S. The van der Waals surface area contributed by atoms with Crippen LogP contribution in [0.5, 0.6) is 0 Å². The van der Waals surface area contributed by atoms with Crippen molar-refractivity contribution in [3.63, 3.8) is 0 Å². The minimum atomic E-state index is -4.47. The number of methoxy groups -OCH3 is 1. The van der Waals surface area contributed by atoms with Crippen LogP contribution in [0.15, 0.2) is 12.4 Å². The van der Waals surface area contributed by atoms with Gasteiger partial charge in [0.1, 0.15) is 12.4 Å². The number of imidazole rings is 1. The quantitative estimate of drug-likeness (QED) is 0.113. The largest absolute Gasteiger partial charge is 0.726 e. The number of esters is 1. The summed E-state index contributed by atoms with van der Waals surface area (Å²) in [6, 6.07) is 0. The molecule has 0 saturated carbocycles. The van der Waals surface area contributed by atoms with Gasteiger partial charge in [0, 0.05) is 13.7 Å². The van der Waals surface area contributed by atoms with E-state index in [0.717, 1.165) is 12.8 Å². The van der Waals surface area contributed by atoms with E-state index in [9.17, 15) is 17.8 Å². The molecule has 1 rings (SSSR count). The predicted octanol–water partition coefficient (Wildman–Crippen LogP) is 2.06. The molecule has 0 bridgehead atoms. The van der Waals surface area contributed by atoms with E-state index >= 15 is 0 Å². The number of rotatable bonds is 14. The Morgan fingerprint density at radius 1 is 1.13 bits per heavy atom. The standard InChI is InChI=1S/C11H18N2O4.C8H18O4S/c1-5-16-10(14)11(15-4,17-6-2)9-12-7-8-13(9)3;1-2-3-4-5-6-7-8-12-13(9,10)11/h7-8H,5-6H2,1-4H3;2-8H2,1H3,(H,9,10,11). The van der Waals surface area contributed by atoms with E-state index in [4.69, 9.17) is 14.2 Å². The number of nitrogens with zero attached hydrogens (tertiary/aromatic N) is 1.